The lowest BCUT2D eigenvalue weighted by Gasteiger charge is -2.27. The Kier molecular flexibility index (Phi) is 4.68. The fourth-order valence-electron chi connectivity index (χ4n) is 2.39. The van der Waals surface area contributed by atoms with Gasteiger partial charge in [0.05, 0.1) is 5.56 Å². The van der Waals surface area contributed by atoms with Gasteiger partial charge in [0, 0.05) is 22.1 Å². The molecular formula is C14H17BrClNO. The number of benzene rings is 1. The zero-order valence-electron chi connectivity index (χ0n) is 10.5. The van der Waals surface area contributed by atoms with Crippen LogP contribution in [0.15, 0.2) is 22.7 Å². The molecule has 98 valence electrons. The largest absolute Gasteiger partial charge is 0.336 e. The first-order valence-electron chi connectivity index (χ1n) is 6.35. The van der Waals surface area contributed by atoms with Crippen LogP contribution < -0.4 is 0 Å². The number of rotatable bonds is 1. The molecule has 1 aromatic rings. The predicted octanol–water partition coefficient (Wildman–Crippen LogP) is 4.51. The van der Waals surface area contributed by atoms with Crippen LogP contribution in [0.2, 0.25) is 5.02 Å². The highest BCUT2D eigenvalue weighted by molar-refractivity contribution is 9.10. The summed E-state index contributed by atoms with van der Waals surface area (Å²) < 4.78 is 0.774. The molecule has 1 amide bonds. The first kappa shape index (κ1) is 13.9. The molecule has 1 saturated heterocycles. The standard InChI is InChI=1S/C14H17BrClNO/c1-10-5-3-2-4-8-17(10)14(18)12-7-6-11(16)9-13(12)15/h6-7,9-10H,2-5,8H2,1H3. The van der Waals surface area contributed by atoms with Crippen molar-refractivity contribution < 1.29 is 4.79 Å². The summed E-state index contributed by atoms with van der Waals surface area (Å²) in [6.45, 7) is 2.99. The Morgan fingerprint density at radius 3 is 2.89 bits per heavy atom. The van der Waals surface area contributed by atoms with E-state index in [-0.39, 0.29) is 5.91 Å². The van der Waals surface area contributed by atoms with Crippen LogP contribution >= 0.6 is 27.5 Å². The lowest BCUT2D eigenvalue weighted by Crippen LogP contribution is -2.38. The van der Waals surface area contributed by atoms with Gasteiger partial charge in [0.25, 0.3) is 5.91 Å². The Hall–Kier alpha value is -0.540. The van der Waals surface area contributed by atoms with Crippen molar-refractivity contribution in [3.8, 4) is 0 Å². The van der Waals surface area contributed by atoms with Crippen LogP contribution in [0.25, 0.3) is 0 Å². The third kappa shape index (κ3) is 3.07. The Labute approximate surface area is 121 Å². The van der Waals surface area contributed by atoms with Gasteiger partial charge in [0.15, 0.2) is 0 Å². The van der Waals surface area contributed by atoms with Crippen LogP contribution in [0.4, 0.5) is 0 Å². The molecule has 0 aliphatic carbocycles. The second kappa shape index (κ2) is 6.07. The Morgan fingerprint density at radius 2 is 2.17 bits per heavy atom. The number of halogens is 2. The summed E-state index contributed by atoms with van der Waals surface area (Å²) in [6.07, 6.45) is 4.63. The average Bonchev–Trinajstić information content (AvgIpc) is 2.53. The number of nitrogens with zero attached hydrogens (tertiary/aromatic N) is 1. The van der Waals surface area contributed by atoms with Crippen molar-refractivity contribution in [3.05, 3.63) is 33.3 Å². The normalized spacial score (nSPS) is 20.6. The molecule has 1 aliphatic rings. The minimum atomic E-state index is 0.105. The summed E-state index contributed by atoms with van der Waals surface area (Å²) in [5, 5.41) is 0.641. The van der Waals surface area contributed by atoms with Crippen molar-refractivity contribution in [1.29, 1.82) is 0 Å². The summed E-state index contributed by atoms with van der Waals surface area (Å²) in [4.78, 5) is 14.5. The van der Waals surface area contributed by atoms with E-state index >= 15 is 0 Å². The number of carbonyl (C=O) groups excluding carboxylic acids is 1. The van der Waals surface area contributed by atoms with E-state index in [1.807, 2.05) is 4.90 Å². The van der Waals surface area contributed by atoms with E-state index in [1.165, 1.54) is 12.8 Å². The first-order valence-corrected chi connectivity index (χ1v) is 7.52. The highest BCUT2D eigenvalue weighted by atomic mass is 79.9. The van der Waals surface area contributed by atoms with Gasteiger partial charge in [-0.25, -0.2) is 0 Å². The number of amides is 1. The zero-order valence-corrected chi connectivity index (χ0v) is 12.8. The fraction of sp³-hybridized carbons (Fsp3) is 0.500. The maximum absolute atomic E-state index is 12.5. The van der Waals surface area contributed by atoms with Crippen molar-refractivity contribution in [2.24, 2.45) is 0 Å². The monoisotopic (exact) mass is 329 g/mol. The van der Waals surface area contributed by atoms with E-state index in [4.69, 9.17) is 11.6 Å². The SMILES string of the molecule is CC1CCCCCN1C(=O)c1ccc(Cl)cc1Br. The number of hydrogen-bond donors (Lipinski definition) is 0. The lowest BCUT2D eigenvalue weighted by molar-refractivity contribution is 0.0697. The second-order valence-corrected chi connectivity index (χ2v) is 6.11. The second-order valence-electron chi connectivity index (χ2n) is 4.82. The topological polar surface area (TPSA) is 20.3 Å². The zero-order chi connectivity index (χ0) is 13.1. The van der Waals surface area contributed by atoms with Gasteiger partial charge >= 0.3 is 0 Å². The summed E-state index contributed by atoms with van der Waals surface area (Å²) in [7, 11) is 0. The van der Waals surface area contributed by atoms with E-state index < -0.39 is 0 Å². The molecule has 0 radical (unpaired) electrons. The molecule has 1 fully saturated rings. The van der Waals surface area contributed by atoms with Crippen molar-refractivity contribution in [2.45, 2.75) is 38.6 Å². The molecule has 0 saturated carbocycles. The molecule has 4 heteroatoms. The van der Waals surface area contributed by atoms with Gasteiger partial charge in [-0.15, -0.1) is 0 Å². The van der Waals surface area contributed by atoms with Gasteiger partial charge in [-0.1, -0.05) is 24.4 Å². The summed E-state index contributed by atoms with van der Waals surface area (Å²) in [5.74, 6) is 0.105. The Balaban J connectivity index is 2.23. The molecule has 1 aromatic carbocycles. The first-order chi connectivity index (χ1) is 8.59. The molecule has 1 atom stereocenters. The van der Waals surface area contributed by atoms with Crippen LogP contribution in [0.3, 0.4) is 0 Å². The predicted molar refractivity (Wildman–Crippen MR) is 78.1 cm³/mol. The highest BCUT2D eigenvalue weighted by Crippen LogP contribution is 2.25. The average molecular weight is 331 g/mol. The van der Waals surface area contributed by atoms with Gasteiger partial charge in [-0.05, 0) is 53.9 Å². The minimum Gasteiger partial charge on any atom is -0.336 e. The Bertz CT molecular complexity index is 449. The molecular weight excluding hydrogens is 314 g/mol. The van der Waals surface area contributed by atoms with Crippen LogP contribution in [0.5, 0.6) is 0 Å². The van der Waals surface area contributed by atoms with Crippen molar-refractivity contribution in [1.82, 2.24) is 4.90 Å². The van der Waals surface area contributed by atoms with Crippen LogP contribution in [0, 0.1) is 0 Å². The van der Waals surface area contributed by atoms with Crippen molar-refractivity contribution in [3.63, 3.8) is 0 Å². The van der Waals surface area contributed by atoms with E-state index in [0.29, 0.717) is 16.6 Å². The van der Waals surface area contributed by atoms with E-state index in [1.54, 1.807) is 18.2 Å². The van der Waals surface area contributed by atoms with E-state index in [9.17, 15) is 4.79 Å². The van der Waals surface area contributed by atoms with Crippen LogP contribution in [-0.4, -0.2) is 23.4 Å². The molecule has 18 heavy (non-hydrogen) atoms. The van der Waals surface area contributed by atoms with E-state index in [0.717, 1.165) is 23.9 Å². The van der Waals surface area contributed by atoms with Gasteiger partial charge in [0.2, 0.25) is 0 Å². The van der Waals surface area contributed by atoms with Crippen molar-refractivity contribution in [2.75, 3.05) is 6.54 Å². The molecule has 1 unspecified atom stereocenters. The lowest BCUT2D eigenvalue weighted by atomic mass is 10.1. The Morgan fingerprint density at radius 1 is 1.39 bits per heavy atom. The van der Waals surface area contributed by atoms with E-state index in [2.05, 4.69) is 22.9 Å². The van der Waals surface area contributed by atoms with Gasteiger partial charge in [0.1, 0.15) is 0 Å². The number of likely N-dealkylation sites (tertiary alicyclic amines) is 1. The third-order valence-electron chi connectivity index (χ3n) is 3.48. The molecule has 1 aliphatic heterocycles. The summed E-state index contributed by atoms with van der Waals surface area (Å²) in [6, 6.07) is 5.66. The number of hydrogen-bond acceptors (Lipinski definition) is 1. The van der Waals surface area contributed by atoms with Crippen LogP contribution in [-0.2, 0) is 0 Å². The summed E-state index contributed by atoms with van der Waals surface area (Å²) >= 11 is 9.33. The van der Waals surface area contributed by atoms with Crippen molar-refractivity contribution >= 4 is 33.4 Å². The summed E-state index contributed by atoms with van der Waals surface area (Å²) in [5.41, 5.74) is 0.702. The van der Waals surface area contributed by atoms with Gasteiger partial charge < -0.3 is 4.90 Å². The maximum atomic E-state index is 12.5. The molecule has 0 aromatic heterocycles. The molecule has 2 rings (SSSR count). The minimum absolute atomic E-state index is 0.105. The molecule has 0 bridgehead atoms. The van der Waals surface area contributed by atoms with Gasteiger partial charge in [-0.3, -0.25) is 4.79 Å². The highest BCUT2D eigenvalue weighted by Gasteiger charge is 2.24. The molecule has 1 heterocycles. The smallest absolute Gasteiger partial charge is 0.255 e. The molecule has 0 N–H and O–H groups in total. The molecule has 2 nitrogen and oxygen atoms in total. The van der Waals surface area contributed by atoms with Gasteiger partial charge in [-0.2, -0.15) is 0 Å². The number of carbonyl (C=O) groups is 1. The fourth-order valence-corrected chi connectivity index (χ4v) is 3.25. The third-order valence-corrected chi connectivity index (χ3v) is 4.37. The maximum Gasteiger partial charge on any atom is 0.255 e. The molecule has 0 spiro atoms. The quantitative estimate of drug-likeness (QED) is 0.742. The van der Waals surface area contributed by atoms with Crippen LogP contribution in [0.1, 0.15) is 43.0 Å².